The van der Waals surface area contributed by atoms with E-state index in [0.29, 0.717) is 22.8 Å². The number of nitrogens with zero attached hydrogens (tertiary/aromatic N) is 4. The van der Waals surface area contributed by atoms with Crippen molar-refractivity contribution in [3.8, 4) is 17.1 Å². The van der Waals surface area contributed by atoms with E-state index in [1.54, 1.807) is 41.5 Å². The molecule has 0 aliphatic heterocycles. The molecule has 0 aliphatic carbocycles. The lowest BCUT2D eigenvalue weighted by Crippen LogP contribution is -2.40. The monoisotopic (exact) mass is 336 g/mol. The number of pyridine rings is 2. The molecule has 3 aromatic rings. The Labute approximate surface area is 145 Å². The number of rotatable bonds is 3. The maximum absolute atomic E-state index is 12.5. The molecule has 3 rings (SSSR count). The number of carbonyl (C=O) groups is 1. The first-order valence-electron chi connectivity index (χ1n) is 7.88. The van der Waals surface area contributed by atoms with Crippen LogP contribution in [0.2, 0.25) is 0 Å². The summed E-state index contributed by atoms with van der Waals surface area (Å²) in [4.78, 5) is 21.0. The van der Waals surface area contributed by atoms with Crippen LogP contribution in [0.4, 0.5) is 5.69 Å². The third kappa shape index (κ3) is 3.82. The Morgan fingerprint density at radius 3 is 2.60 bits per heavy atom. The van der Waals surface area contributed by atoms with E-state index in [1.165, 1.54) is 0 Å². The van der Waals surface area contributed by atoms with Gasteiger partial charge in [-0.2, -0.15) is 5.10 Å². The molecule has 0 bridgehead atoms. The molecule has 0 aliphatic rings. The molecule has 0 aromatic carbocycles. The number of aromatic nitrogens is 4. The molecular weight excluding hydrogens is 316 g/mol. The molecule has 25 heavy (non-hydrogen) atoms. The minimum atomic E-state index is -0.352. The van der Waals surface area contributed by atoms with E-state index >= 15 is 0 Å². The van der Waals surface area contributed by atoms with Crippen LogP contribution in [0.3, 0.4) is 0 Å². The molecule has 3 N–H and O–H groups in total. The Bertz CT molecular complexity index is 878. The number of amides is 1. The fourth-order valence-electron chi connectivity index (χ4n) is 2.31. The lowest BCUT2D eigenvalue weighted by Gasteiger charge is -2.19. The van der Waals surface area contributed by atoms with E-state index in [9.17, 15) is 4.79 Å². The van der Waals surface area contributed by atoms with Crippen LogP contribution in [0.5, 0.6) is 0 Å². The van der Waals surface area contributed by atoms with Gasteiger partial charge in [-0.15, -0.1) is 0 Å². The molecular formula is C18H20N6O. The maximum atomic E-state index is 12.5. The minimum Gasteiger partial charge on any atom is -0.397 e. The quantitative estimate of drug-likeness (QED) is 0.765. The normalized spacial score (nSPS) is 11.3. The largest absolute Gasteiger partial charge is 0.397 e. The summed E-state index contributed by atoms with van der Waals surface area (Å²) in [6.45, 7) is 5.77. The summed E-state index contributed by atoms with van der Waals surface area (Å²) in [5.74, 6) is -0.244. The first-order chi connectivity index (χ1) is 11.8. The van der Waals surface area contributed by atoms with E-state index < -0.39 is 0 Å². The molecule has 0 atom stereocenters. The van der Waals surface area contributed by atoms with Gasteiger partial charge in [-0.05, 0) is 51.1 Å². The van der Waals surface area contributed by atoms with Crippen LogP contribution in [0.15, 0.2) is 48.9 Å². The van der Waals surface area contributed by atoms with Gasteiger partial charge in [0.05, 0.1) is 35.2 Å². The number of nitrogens with two attached hydrogens (primary N) is 1. The van der Waals surface area contributed by atoms with Gasteiger partial charge in [0.2, 0.25) is 0 Å². The standard InChI is InChI=1S/C18H20N6O/c1-18(2,3)22-17(25)15-9-16(14-7-6-12(19)10-21-14)24(23-15)13-5-4-8-20-11-13/h4-11H,19H2,1-3H3,(H,22,25). The number of carbonyl (C=O) groups excluding carboxylic acids is 1. The molecule has 0 spiro atoms. The van der Waals surface area contributed by atoms with E-state index in [-0.39, 0.29) is 11.4 Å². The predicted molar refractivity (Wildman–Crippen MR) is 96.2 cm³/mol. The molecule has 128 valence electrons. The number of nitrogen functional groups attached to an aromatic ring is 1. The molecule has 3 aromatic heterocycles. The molecule has 3 heterocycles. The minimum absolute atomic E-state index is 0.244. The van der Waals surface area contributed by atoms with Gasteiger partial charge < -0.3 is 11.1 Å². The Hall–Kier alpha value is -3.22. The van der Waals surface area contributed by atoms with Crippen molar-refractivity contribution in [3.05, 3.63) is 54.6 Å². The molecule has 0 saturated heterocycles. The first kappa shape index (κ1) is 16.6. The van der Waals surface area contributed by atoms with Crippen molar-refractivity contribution < 1.29 is 4.79 Å². The smallest absolute Gasteiger partial charge is 0.272 e. The first-order valence-corrected chi connectivity index (χ1v) is 7.88. The van der Waals surface area contributed by atoms with Gasteiger partial charge in [0.15, 0.2) is 5.69 Å². The highest BCUT2D eigenvalue weighted by Gasteiger charge is 2.21. The van der Waals surface area contributed by atoms with Gasteiger partial charge in [-0.3, -0.25) is 14.8 Å². The predicted octanol–water partition coefficient (Wildman–Crippen LogP) is 2.44. The summed E-state index contributed by atoms with van der Waals surface area (Å²) in [5.41, 5.74) is 8.34. The van der Waals surface area contributed by atoms with Crippen LogP contribution in [0, 0.1) is 0 Å². The third-order valence-corrected chi connectivity index (χ3v) is 3.37. The van der Waals surface area contributed by atoms with Crippen molar-refractivity contribution >= 4 is 11.6 Å². The van der Waals surface area contributed by atoms with Gasteiger partial charge in [0.1, 0.15) is 0 Å². The van der Waals surface area contributed by atoms with E-state index in [2.05, 4.69) is 20.4 Å². The summed E-state index contributed by atoms with van der Waals surface area (Å²) in [6, 6.07) is 8.95. The highest BCUT2D eigenvalue weighted by atomic mass is 16.2. The average Bonchev–Trinajstić information content (AvgIpc) is 3.00. The number of hydrogen-bond donors (Lipinski definition) is 2. The Morgan fingerprint density at radius 1 is 1.20 bits per heavy atom. The third-order valence-electron chi connectivity index (χ3n) is 3.37. The van der Waals surface area contributed by atoms with Crippen molar-refractivity contribution in [3.63, 3.8) is 0 Å². The molecule has 0 radical (unpaired) electrons. The Kier molecular flexibility index (Phi) is 4.22. The van der Waals surface area contributed by atoms with Crippen molar-refractivity contribution in [2.24, 2.45) is 0 Å². The van der Waals surface area contributed by atoms with Crippen LogP contribution in [0.1, 0.15) is 31.3 Å². The number of nitrogens with one attached hydrogen (secondary N) is 1. The summed E-state index contributed by atoms with van der Waals surface area (Å²) in [6.07, 6.45) is 4.94. The van der Waals surface area contributed by atoms with Crippen molar-refractivity contribution in [1.29, 1.82) is 0 Å². The van der Waals surface area contributed by atoms with Gasteiger partial charge in [-0.25, -0.2) is 4.68 Å². The van der Waals surface area contributed by atoms with Crippen LogP contribution in [-0.2, 0) is 0 Å². The average molecular weight is 336 g/mol. The lowest BCUT2D eigenvalue weighted by molar-refractivity contribution is 0.0914. The van der Waals surface area contributed by atoms with Crippen LogP contribution in [0.25, 0.3) is 17.1 Å². The van der Waals surface area contributed by atoms with Gasteiger partial charge in [0.25, 0.3) is 5.91 Å². The molecule has 0 unspecified atom stereocenters. The summed E-state index contributed by atoms with van der Waals surface area (Å²) < 4.78 is 1.66. The zero-order chi connectivity index (χ0) is 18.0. The fraction of sp³-hybridized carbons (Fsp3) is 0.222. The fourth-order valence-corrected chi connectivity index (χ4v) is 2.31. The highest BCUT2D eigenvalue weighted by Crippen LogP contribution is 2.23. The van der Waals surface area contributed by atoms with Crippen molar-refractivity contribution in [2.75, 3.05) is 5.73 Å². The van der Waals surface area contributed by atoms with Crippen LogP contribution < -0.4 is 11.1 Å². The number of anilines is 1. The van der Waals surface area contributed by atoms with Crippen molar-refractivity contribution in [1.82, 2.24) is 25.1 Å². The lowest BCUT2D eigenvalue weighted by atomic mass is 10.1. The highest BCUT2D eigenvalue weighted by molar-refractivity contribution is 5.94. The zero-order valence-electron chi connectivity index (χ0n) is 14.4. The second kappa shape index (κ2) is 6.35. The summed E-state index contributed by atoms with van der Waals surface area (Å²) >= 11 is 0. The molecule has 7 heteroatoms. The zero-order valence-corrected chi connectivity index (χ0v) is 14.4. The number of hydrogen-bond acceptors (Lipinski definition) is 5. The van der Waals surface area contributed by atoms with Crippen LogP contribution >= 0.6 is 0 Å². The van der Waals surface area contributed by atoms with E-state index in [0.717, 1.165) is 5.69 Å². The Morgan fingerprint density at radius 2 is 2.00 bits per heavy atom. The van der Waals surface area contributed by atoms with Gasteiger partial charge in [-0.1, -0.05) is 0 Å². The van der Waals surface area contributed by atoms with E-state index in [1.807, 2.05) is 32.9 Å². The molecule has 1 amide bonds. The van der Waals surface area contributed by atoms with Gasteiger partial charge >= 0.3 is 0 Å². The molecule has 0 saturated carbocycles. The SMILES string of the molecule is CC(C)(C)NC(=O)c1cc(-c2ccc(N)cn2)n(-c2cccnc2)n1. The topological polar surface area (TPSA) is 98.7 Å². The molecule has 7 nitrogen and oxygen atoms in total. The van der Waals surface area contributed by atoms with Gasteiger partial charge in [0, 0.05) is 11.7 Å². The molecule has 0 fully saturated rings. The summed E-state index contributed by atoms with van der Waals surface area (Å²) in [5, 5.41) is 7.37. The second-order valence-corrected chi connectivity index (χ2v) is 6.72. The maximum Gasteiger partial charge on any atom is 0.272 e. The summed E-state index contributed by atoms with van der Waals surface area (Å²) in [7, 11) is 0. The van der Waals surface area contributed by atoms with E-state index in [4.69, 9.17) is 5.73 Å². The van der Waals surface area contributed by atoms with Crippen molar-refractivity contribution in [2.45, 2.75) is 26.3 Å². The second-order valence-electron chi connectivity index (χ2n) is 6.72. The Balaban J connectivity index is 2.09. The van der Waals surface area contributed by atoms with Crippen LogP contribution in [-0.4, -0.2) is 31.2 Å².